The second kappa shape index (κ2) is 6.06. The van der Waals surface area contributed by atoms with Crippen LogP contribution in [-0.2, 0) is 14.4 Å². The lowest BCUT2D eigenvalue weighted by Crippen LogP contribution is -2.70. The molecule has 0 aliphatic heterocycles. The van der Waals surface area contributed by atoms with Gasteiger partial charge in [0.1, 0.15) is 11.9 Å². The van der Waals surface area contributed by atoms with E-state index in [1.165, 1.54) is 0 Å². The molecule has 0 amide bonds. The average molecular weight is 425 g/mol. The topological polar surface area (TPSA) is 84.6 Å². The number of fused-ring (bicyclic) bond motifs is 5. The third-order valence-electron chi connectivity index (χ3n) is 9.94. The molecule has 0 spiro atoms. The molecule has 5 heteroatoms. The van der Waals surface area contributed by atoms with Gasteiger partial charge in [-0.25, -0.2) is 0 Å². The third kappa shape index (κ3) is 2.28. The van der Waals surface area contributed by atoms with Crippen LogP contribution in [-0.4, -0.2) is 28.6 Å². The Balaban J connectivity index is 1.67. The van der Waals surface area contributed by atoms with Crippen LogP contribution in [0.1, 0.15) is 65.4 Å². The number of hydrogen-bond donors (Lipinski definition) is 1. The number of rotatable bonds is 1. The second-order valence-electron chi connectivity index (χ2n) is 11.7. The Morgan fingerprint density at radius 2 is 1.77 bits per heavy atom. The standard InChI is InChI=1S/C26H32O5/c1-23(2)18(28)7-10-25(4)17-6-9-24(3)15(14-8-11-31-13-14)12-16(27)20(24)26(17,5)22(30)19(29)21(23)25/h7-8,10-11,13,15,17,20-22,30H,6,9,12H2,1-5H3/t15-,17?,20+,21-,22+,24-,25+,26+/m0/s1. The van der Waals surface area contributed by atoms with Gasteiger partial charge in [-0.15, -0.1) is 0 Å². The van der Waals surface area contributed by atoms with E-state index in [1.807, 2.05) is 32.9 Å². The van der Waals surface area contributed by atoms with E-state index in [-0.39, 0.29) is 34.6 Å². The molecule has 0 bridgehead atoms. The highest BCUT2D eigenvalue weighted by molar-refractivity contribution is 6.03. The summed E-state index contributed by atoms with van der Waals surface area (Å²) in [5.74, 6) is -1.27. The molecule has 0 radical (unpaired) electrons. The molecule has 4 aliphatic rings. The lowest BCUT2D eigenvalue weighted by atomic mass is 9.37. The molecule has 5 rings (SSSR count). The van der Waals surface area contributed by atoms with Gasteiger partial charge in [0.15, 0.2) is 11.6 Å². The van der Waals surface area contributed by atoms with E-state index in [9.17, 15) is 19.5 Å². The molecule has 0 saturated heterocycles. The summed E-state index contributed by atoms with van der Waals surface area (Å²) in [6.45, 7) is 9.80. The number of aliphatic hydroxyl groups excluding tert-OH is 1. The van der Waals surface area contributed by atoms with Crippen molar-refractivity contribution in [2.75, 3.05) is 0 Å². The number of Topliss-reactive ketones (excluding diaryl/α,β-unsaturated/α-hetero) is 2. The molecule has 1 unspecified atom stereocenters. The maximum absolute atomic E-state index is 13.7. The molecule has 0 aromatic carbocycles. The fourth-order valence-corrected chi connectivity index (χ4v) is 8.70. The number of aliphatic hydroxyl groups is 1. The zero-order chi connectivity index (χ0) is 22.6. The zero-order valence-electron chi connectivity index (χ0n) is 19.0. The Labute approximate surface area is 183 Å². The van der Waals surface area contributed by atoms with Gasteiger partial charge in [0, 0.05) is 34.5 Å². The summed E-state index contributed by atoms with van der Waals surface area (Å²) in [6, 6.07) is 1.93. The molecule has 8 atom stereocenters. The zero-order valence-corrected chi connectivity index (χ0v) is 19.0. The first-order valence-electron chi connectivity index (χ1n) is 11.4. The first kappa shape index (κ1) is 20.9. The largest absolute Gasteiger partial charge is 0.472 e. The minimum atomic E-state index is -1.26. The molecule has 1 aromatic rings. The molecule has 1 N–H and O–H groups in total. The van der Waals surface area contributed by atoms with Crippen LogP contribution in [0.25, 0.3) is 0 Å². The molecule has 3 fully saturated rings. The summed E-state index contributed by atoms with van der Waals surface area (Å²) < 4.78 is 5.32. The van der Waals surface area contributed by atoms with Crippen molar-refractivity contribution in [1.82, 2.24) is 0 Å². The number of ketones is 3. The number of hydrogen-bond acceptors (Lipinski definition) is 5. The average Bonchev–Trinajstić information content (AvgIpc) is 3.30. The van der Waals surface area contributed by atoms with Crippen molar-refractivity contribution in [3.05, 3.63) is 36.3 Å². The molecule has 31 heavy (non-hydrogen) atoms. The Morgan fingerprint density at radius 3 is 2.42 bits per heavy atom. The Kier molecular flexibility index (Phi) is 4.08. The lowest BCUT2D eigenvalue weighted by molar-refractivity contribution is -0.206. The highest BCUT2D eigenvalue weighted by Crippen LogP contribution is 2.72. The van der Waals surface area contributed by atoms with E-state index >= 15 is 0 Å². The smallest absolute Gasteiger partial charge is 0.166 e. The summed E-state index contributed by atoms with van der Waals surface area (Å²) in [6.07, 6.45) is 7.68. The first-order chi connectivity index (χ1) is 14.4. The van der Waals surface area contributed by atoms with Crippen LogP contribution in [0, 0.1) is 39.4 Å². The van der Waals surface area contributed by atoms with Crippen molar-refractivity contribution in [3.8, 4) is 0 Å². The predicted octanol–water partition coefficient (Wildman–Crippen LogP) is 4.11. The van der Waals surface area contributed by atoms with E-state index in [0.29, 0.717) is 6.42 Å². The number of carbonyl (C=O) groups is 3. The van der Waals surface area contributed by atoms with Crippen LogP contribution in [0.5, 0.6) is 0 Å². The fourth-order valence-electron chi connectivity index (χ4n) is 8.70. The molecule has 3 saturated carbocycles. The molecular formula is C26H32O5. The van der Waals surface area contributed by atoms with Crippen molar-refractivity contribution in [3.63, 3.8) is 0 Å². The lowest BCUT2D eigenvalue weighted by Gasteiger charge is -2.66. The van der Waals surface area contributed by atoms with E-state index in [0.717, 1.165) is 18.4 Å². The second-order valence-corrected chi connectivity index (χ2v) is 11.7. The van der Waals surface area contributed by atoms with E-state index in [4.69, 9.17) is 4.42 Å². The summed E-state index contributed by atoms with van der Waals surface area (Å²) in [5, 5.41) is 11.5. The Hall–Kier alpha value is -2.01. The first-order valence-corrected chi connectivity index (χ1v) is 11.4. The molecule has 5 nitrogen and oxygen atoms in total. The SMILES string of the molecule is CC1(C)C(=O)C=C[C@]2(C)C3CC[C@]4(C)[C@@H](C(=O)C[C@H]4c4ccoc4)[C@]3(C)[C@H](O)C(=O)[C@@H]12. The molecule has 4 aliphatic carbocycles. The monoisotopic (exact) mass is 424 g/mol. The van der Waals surface area contributed by atoms with Gasteiger partial charge >= 0.3 is 0 Å². The van der Waals surface area contributed by atoms with Crippen LogP contribution in [0.2, 0.25) is 0 Å². The normalized spacial score (nSPS) is 48.3. The summed E-state index contributed by atoms with van der Waals surface area (Å²) in [5.41, 5.74) is -1.64. The highest BCUT2D eigenvalue weighted by atomic mass is 16.3. The summed E-state index contributed by atoms with van der Waals surface area (Å²) in [4.78, 5) is 40.0. The number of allylic oxidation sites excluding steroid dienone is 2. The van der Waals surface area contributed by atoms with Gasteiger partial charge in [0.2, 0.25) is 0 Å². The van der Waals surface area contributed by atoms with Gasteiger partial charge < -0.3 is 9.52 Å². The number of carbonyl (C=O) groups excluding carboxylic acids is 3. The van der Waals surface area contributed by atoms with E-state index in [2.05, 4.69) is 13.8 Å². The molecule has 1 heterocycles. The van der Waals surface area contributed by atoms with Crippen molar-refractivity contribution < 1.29 is 23.9 Å². The van der Waals surface area contributed by atoms with Crippen LogP contribution in [0.4, 0.5) is 0 Å². The molecule has 1 aromatic heterocycles. The molecule has 166 valence electrons. The van der Waals surface area contributed by atoms with Crippen molar-refractivity contribution in [2.24, 2.45) is 39.4 Å². The molecular weight excluding hydrogens is 392 g/mol. The van der Waals surface area contributed by atoms with Crippen molar-refractivity contribution in [2.45, 2.75) is 65.9 Å². The van der Waals surface area contributed by atoms with Crippen molar-refractivity contribution in [1.29, 1.82) is 0 Å². The van der Waals surface area contributed by atoms with Crippen molar-refractivity contribution >= 4 is 17.3 Å². The van der Waals surface area contributed by atoms with Gasteiger partial charge in [-0.2, -0.15) is 0 Å². The highest BCUT2D eigenvalue weighted by Gasteiger charge is 2.74. The quantitative estimate of drug-likeness (QED) is 0.733. The summed E-state index contributed by atoms with van der Waals surface area (Å²) >= 11 is 0. The minimum Gasteiger partial charge on any atom is -0.472 e. The van der Waals surface area contributed by atoms with Gasteiger partial charge in [0.25, 0.3) is 0 Å². The van der Waals surface area contributed by atoms with Crippen LogP contribution < -0.4 is 0 Å². The number of furan rings is 1. The van der Waals surface area contributed by atoms with Crippen LogP contribution >= 0.6 is 0 Å². The van der Waals surface area contributed by atoms with Crippen LogP contribution in [0.15, 0.2) is 35.2 Å². The van der Waals surface area contributed by atoms with Crippen LogP contribution in [0.3, 0.4) is 0 Å². The maximum Gasteiger partial charge on any atom is 0.166 e. The van der Waals surface area contributed by atoms with Gasteiger partial charge in [-0.3, -0.25) is 14.4 Å². The minimum absolute atomic E-state index is 0.0225. The van der Waals surface area contributed by atoms with Gasteiger partial charge in [-0.1, -0.05) is 40.7 Å². The Morgan fingerprint density at radius 1 is 1.06 bits per heavy atom. The van der Waals surface area contributed by atoms with E-state index in [1.54, 1.807) is 18.6 Å². The van der Waals surface area contributed by atoms with Gasteiger partial charge in [0.05, 0.1) is 12.5 Å². The fraction of sp³-hybridized carbons (Fsp3) is 0.654. The Bertz CT molecular complexity index is 1000. The van der Waals surface area contributed by atoms with E-state index < -0.39 is 34.2 Å². The predicted molar refractivity (Wildman–Crippen MR) is 114 cm³/mol. The van der Waals surface area contributed by atoms with Gasteiger partial charge in [-0.05, 0) is 47.8 Å². The summed E-state index contributed by atoms with van der Waals surface area (Å²) in [7, 11) is 0. The maximum atomic E-state index is 13.7. The third-order valence-corrected chi connectivity index (χ3v) is 9.94.